The molecule has 0 saturated carbocycles. The predicted octanol–water partition coefficient (Wildman–Crippen LogP) is 3.02. The van der Waals surface area contributed by atoms with Crippen molar-refractivity contribution in [1.82, 2.24) is 4.98 Å². The molecule has 3 rings (SSSR count). The van der Waals surface area contributed by atoms with E-state index in [-0.39, 0.29) is 23.7 Å². The van der Waals surface area contributed by atoms with Crippen LogP contribution in [0.3, 0.4) is 0 Å². The molecule has 1 aromatic heterocycles. The molecule has 1 aliphatic rings. The van der Waals surface area contributed by atoms with E-state index in [4.69, 9.17) is 0 Å². The molecule has 0 N–H and O–H groups in total. The molecule has 4 nitrogen and oxygen atoms in total. The Bertz CT molecular complexity index is 760. The monoisotopic (exact) mass is 312 g/mol. The molecule has 0 spiro atoms. The molecule has 0 fully saturated rings. The van der Waals surface area contributed by atoms with E-state index in [0.29, 0.717) is 6.54 Å². The summed E-state index contributed by atoms with van der Waals surface area (Å²) < 4.78 is 13.7. The first-order valence-corrected chi connectivity index (χ1v) is 7.60. The minimum absolute atomic E-state index is 0.00329. The van der Waals surface area contributed by atoms with Gasteiger partial charge in [0.15, 0.2) is 5.78 Å². The van der Waals surface area contributed by atoms with Crippen LogP contribution in [0.4, 0.5) is 10.1 Å². The Kier molecular flexibility index (Phi) is 4.19. The summed E-state index contributed by atoms with van der Waals surface area (Å²) in [5.41, 5.74) is 1.93. The summed E-state index contributed by atoms with van der Waals surface area (Å²) in [6.45, 7) is 2.30. The number of nitrogens with zero attached hydrogens (tertiary/aromatic N) is 2. The Labute approximate surface area is 134 Å². The average Bonchev–Trinajstić information content (AvgIpc) is 2.98. The molecule has 2 aromatic rings. The van der Waals surface area contributed by atoms with Crippen molar-refractivity contribution in [1.29, 1.82) is 0 Å². The fraction of sp³-hybridized carbons (Fsp3) is 0.278. The van der Waals surface area contributed by atoms with Crippen LogP contribution in [0.1, 0.15) is 29.3 Å². The molecular formula is C18H17FN2O2. The second kappa shape index (κ2) is 6.28. The van der Waals surface area contributed by atoms with E-state index >= 15 is 0 Å². The maximum absolute atomic E-state index is 13.7. The number of fused-ring (bicyclic) bond motifs is 1. The topological polar surface area (TPSA) is 50.3 Å². The molecule has 2 heterocycles. The van der Waals surface area contributed by atoms with Crippen LogP contribution < -0.4 is 4.90 Å². The molecule has 23 heavy (non-hydrogen) atoms. The molecule has 1 aromatic carbocycles. The average molecular weight is 312 g/mol. The van der Waals surface area contributed by atoms with Crippen molar-refractivity contribution in [2.24, 2.45) is 5.92 Å². The van der Waals surface area contributed by atoms with Gasteiger partial charge in [0.2, 0.25) is 5.91 Å². The lowest BCUT2D eigenvalue weighted by Gasteiger charge is -2.21. The fourth-order valence-corrected chi connectivity index (χ4v) is 2.89. The van der Waals surface area contributed by atoms with Gasteiger partial charge in [0.25, 0.3) is 0 Å². The van der Waals surface area contributed by atoms with Crippen LogP contribution in [0.15, 0.2) is 42.7 Å². The highest BCUT2D eigenvalue weighted by molar-refractivity contribution is 6.02. The first kappa shape index (κ1) is 15.3. The number of rotatable bonds is 4. The van der Waals surface area contributed by atoms with E-state index in [2.05, 4.69) is 4.98 Å². The van der Waals surface area contributed by atoms with Gasteiger partial charge >= 0.3 is 0 Å². The summed E-state index contributed by atoms with van der Waals surface area (Å²) in [5, 5.41) is 0. The van der Waals surface area contributed by atoms with Crippen molar-refractivity contribution in [3.8, 4) is 0 Å². The summed E-state index contributed by atoms with van der Waals surface area (Å²) in [6, 6.07) is 7.67. The Morgan fingerprint density at radius 3 is 2.87 bits per heavy atom. The lowest BCUT2D eigenvalue weighted by Crippen LogP contribution is -2.34. The van der Waals surface area contributed by atoms with Crippen LogP contribution in [0.25, 0.3) is 0 Å². The standard InChI is InChI=1S/C18H17FN2O2/c1-12(10-17(22)14-4-2-3-5-15(14)19)18(23)21-9-7-13-11-20-8-6-16(13)21/h2-6,8,11-12H,7,9-10H2,1H3/t12-/m0/s1. The lowest BCUT2D eigenvalue weighted by molar-refractivity contribution is -0.121. The minimum atomic E-state index is -0.547. The second-order valence-corrected chi connectivity index (χ2v) is 5.75. The van der Waals surface area contributed by atoms with Crippen molar-refractivity contribution in [2.45, 2.75) is 19.8 Å². The van der Waals surface area contributed by atoms with Crippen LogP contribution >= 0.6 is 0 Å². The van der Waals surface area contributed by atoms with Crippen LogP contribution in [0.5, 0.6) is 0 Å². The van der Waals surface area contributed by atoms with Crippen molar-refractivity contribution in [2.75, 3.05) is 11.4 Å². The highest BCUT2D eigenvalue weighted by Crippen LogP contribution is 2.28. The summed E-state index contributed by atoms with van der Waals surface area (Å²) in [7, 11) is 0. The zero-order valence-corrected chi connectivity index (χ0v) is 12.8. The van der Waals surface area contributed by atoms with E-state index in [1.165, 1.54) is 18.2 Å². The maximum Gasteiger partial charge on any atom is 0.230 e. The van der Waals surface area contributed by atoms with Gasteiger partial charge in [-0.15, -0.1) is 0 Å². The van der Waals surface area contributed by atoms with Gasteiger partial charge in [-0.25, -0.2) is 4.39 Å². The van der Waals surface area contributed by atoms with Crippen molar-refractivity contribution in [3.05, 3.63) is 59.7 Å². The number of pyridine rings is 1. The highest BCUT2D eigenvalue weighted by Gasteiger charge is 2.29. The number of hydrogen-bond donors (Lipinski definition) is 0. The molecule has 0 saturated heterocycles. The Morgan fingerprint density at radius 2 is 2.09 bits per heavy atom. The first-order valence-electron chi connectivity index (χ1n) is 7.60. The highest BCUT2D eigenvalue weighted by atomic mass is 19.1. The number of aromatic nitrogens is 1. The van der Waals surface area contributed by atoms with Crippen molar-refractivity contribution in [3.63, 3.8) is 0 Å². The minimum Gasteiger partial charge on any atom is -0.311 e. The predicted molar refractivity (Wildman–Crippen MR) is 84.8 cm³/mol. The van der Waals surface area contributed by atoms with Gasteiger partial charge in [0.1, 0.15) is 5.82 Å². The summed E-state index contributed by atoms with van der Waals surface area (Å²) >= 11 is 0. The number of hydrogen-bond acceptors (Lipinski definition) is 3. The number of benzene rings is 1. The van der Waals surface area contributed by atoms with E-state index in [1.54, 1.807) is 30.3 Å². The molecule has 0 radical (unpaired) electrons. The third-order valence-corrected chi connectivity index (χ3v) is 4.13. The number of halogens is 1. The quantitative estimate of drug-likeness (QED) is 0.815. The van der Waals surface area contributed by atoms with E-state index < -0.39 is 11.7 Å². The summed E-state index contributed by atoms with van der Waals surface area (Å²) in [5.74, 6) is -1.51. The van der Waals surface area contributed by atoms with Gasteiger partial charge in [-0.2, -0.15) is 0 Å². The molecule has 1 aliphatic heterocycles. The van der Waals surface area contributed by atoms with Gasteiger partial charge in [-0.05, 0) is 30.2 Å². The number of Topliss-reactive ketones (excluding diaryl/α,β-unsaturated/α-hetero) is 1. The third-order valence-electron chi connectivity index (χ3n) is 4.13. The Morgan fingerprint density at radius 1 is 1.30 bits per heavy atom. The maximum atomic E-state index is 13.7. The SMILES string of the molecule is C[C@@H](CC(=O)c1ccccc1F)C(=O)N1CCc2cnccc21. The lowest BCUT2D eigenvalue weighted by atomic mass is 9.98. The van der Waals surface area contributed by atoms with Gasteiger partial charge in [-0.1, -0.05) is 19.1 Å². The first-order chi connectivity index (χ1) is 11.1. The van der Waals surface area contributed by atoms with Crippen LogP contribution in [0.2, 0.25) is 0 Å². The largest absolute Gasteiger partial charge is 0.311 e. The molecule has 1 amide bonds. The van der Waals surface area contributed by atoms with Gasteiger partial charge in [0.05, 0.1) is 5.56 Å². The van der Waals surface area contributed by atoms with Crippen LogP contribution in [0, 0.1) is 11.7 Å². The molecule has 118 valence electrons. The third kappa shape index (κ3) is 2.99. The smallest absolute Gasteiger partial charge is 0.230 e. The molecule has 0 unspecified atom stereocenters. The Balaban J connectivity index is 1.72. The number of carbonyl (C=O) groups is 2. The zero-order valence-electron chi connectivity index (χ0n) is 12.8. The van der Waals surface area contributed by atoms with Crippen molar-refractivity contribution < 1.29 is 14.0 Å². The number of amides is 1. The van der Waals surface area contributed by atoms with Crippen LogP contribution in [-0.4, -0.2) is 23.2 Å². The number of anilines is 1. The number of ketones is 1. The molecule has 0 aliphatic carbocycles. The number of carbonyl (C=O) groups excluding carboxylic acids is 2. The molecule has 5 heteroatoms. The van der Waals surface area contributed by atoms with E-state index in [9.17, 15) is 14.0 Å². The van der Waals surface area contributed by atoms with E-state index in [0.717, 1.165) is 17.7 Å². The zero-order chi connectivity index (χ0) is 16.4. The summed E-state index contributed by atoms with van der Waals surface area (Å²) in [4.78, 5) is 30.6. The summed E-state index contributed by atoms with van der Waals surface area (Å²) in [6.07, 6.45) is 4.18. The molecule has 1 atom stereocenters. The van der Waals surface area contributed by atoms with Crippen LogP contribution in [-0.2, 0) is 11.2 Å². The van der Waals surface area contributed by atoms with Gasteiger partial charge < -0.3 is 4.90 Å². The van der Waals surface area contributed by atoms with E-state index in [1.807, 2.05) is 6.07 Å². The normalized spacial score (nSPS) is 14.4. The van der Waals surface area contributed by atoms with Crippen molar-refractivity contribution >= 4 is 17.4 Å². The second-order valence-electron chi connectivity index (χ2n) is 5.75. The Hall–Kier alpha value is -2.56. The van der Waals surface area contributed by atoms with Gasteiger partial charge in [0, 0.05) is 37.0 Å². The van der Waals surface area contributed by atoms with Gasteiger partial charge in [-0.3, -0.25) is 14.6 Å². The fourth-order valence-electron chi connectivity index (χ4n) is 2.89. The molecule has 0 bridgehead atoms. The molecular weight excluding hydrogens is 295 g/mol.